The number of nitrogens with one attached hydrogen (secondary N) is 1. The summed E-state index contributed by atoms with van der Waals surface area (Å²) in [4.78, 5) is 2.77. The van der Waals surface area contributed by atoms with Crippen LogP contribution < -0.4 is 10.2 Å². The Morgan fingerprint density at radius 3 is 2.45 bits per heavy atom. The second-order valence-corrected chi connectivity index (χ2v) is 6.35. The van der Waals surface area contributed by atoms with E-state index in [9.17, 15) is 0 Å². The Labute approximate surface area is 123 Å². The maximum absolute atomic E-state index is 3.69. The first-order valence-electron chi connectivity index (χ1n) is 8.43. The van der Waals surface area contributed by atoms with Crippen molar-refractivity contribution < 1.29 is 0 Å². The fraction of sp³-hybridized carbons (Fsp3) is 0.667. The van der Waals surface area contributed by atoms with E-state index in [1.54, 1.807) is 0 Å². The maximum atomic E-state index is 3.69. The molecule has 0 aromatic heterocycles. The van der Waals surface area contributed by atoms with Crippen LogP contribution in [0.25, 0.3) is 0 Å². The lowest BCUT2D eigenvalue weighted by atomic mass is 9.81. The standard InChI is InChI=1S/C18H28N2/c1-3-14-8-5-6-11-18(14)20-16-9-7-10-17(20)13-15(12-16)19-4-2/h5-6,8,11,15-17,19H,3-4,7,9-10,12-13H2,1-2H3. The molecule has 20 heavy (non-hydrogen) atoms. The second-order valence-electron chi connectivity index (χ2n) is 6.35. The van der Waals surface area contributed by atoms with Gasteiger partial charge in [0.25, 0.3) is 0 Å². The van der Waals surface area contributed by atoms with E-state index in [1.165, 1.54) is 43.4 Å². The van der Waals surface area contributed by atoms with Gasteiger partial charge in [0, 0.05) is 23.8 Å². The summed E-state index contributed by atoms with van der Waals surface area (Å²) in [6.07, 6.45) is 7.94. The topological polar surface area (TPSA) is 15.3 Å². The van der Waals surface area contributed by atoms with Crippen LogP contribution in [0.2, 0.25) is 0 Å². The molecule has 2 bridgehead atoms. The number of para-hydroxylation sites is 1. The van der Waals surface area contributed by atoms with Crippen LogP contribution in [-0.4, -0.2) is 24.7 Å². The number of piperidine rings is 2. The largest absolute Gasteiger partial charge is 0.365 e. The lowest BCUT2D eigenvalue weighted by Crippen LogP contribution is -2.56. The normalized spacial score (nSPS) is 29.5. The summed E-state index contributed by atoms with van der Waals surface area (Å²) in [6, 6.07) is 11.3. The first kappa shape index (κ1) is 13.9. The number of benzene rings is 1. The third-order valence-electron chi connectivity index (χ3n) is 5.12. The molecule has 2 aliphatic rings. The molecule has 1 aromatic carbocycles. The van der Waals surface area contributed by atoms with Gasteiger partial charge in [0.2, 0.25) is 0 Å². The van der Waals surface area contributed by atoms with Crippen molar-refractivity contribution in [1.82, 2.24) is 5.32 Å². The van der Waals surface area contributed by atoms with Gasteiger partial charge in [-0.3, -0.25) is 0 Å². The van der Waals surface area contributed by atoms with E-state index in [4.69, 9.17) is 0 Å². The van der Waals surface area contributed by atoms with Gasteiger partial charge in [0.1, 0.15) is 0 Å². The molecule has 2 saturated heterocycles. The predicted octanol–water partition coefficient (Wildman–Crippen LogP) is 3.75. The van der Waals surface area contributed by atoms with E-state index < -0.39 is 0 Å². The number of fused-ring (bicyclic) bond motifs is 2. The SMILES string of the molecule is CCNC1CC2CCCC(C1)N2c1ccccc1CC. The minimum atomic E-state index is 0.736. The molecule has 2 unspecified atom stereocenters. The van der Waals surface area contributed by atoms with Crippen molar-refractivity contribution in [1.29, 1.82) is 0 Å². The molecule has 0 radical (unpaired) electrons. The Hall–Kier alpha value is -1.02. The van der Waals surface area contributed by atoms with Gasteiger partial charge < -0.3 is 10.2 Å². The number of rotatable bonds is 4. The molecule has 2 heterocycles. The number of hydrogen-bond donors (Lipinski definition) is 1. The summed E-state index contributed by atoms with van der Waals surface area (Å²) in [7, 11) is 0. The summed E-state index contributed by atoms with van der Waals surface area (Å²) < 4.78 is 0. The smallest absolute Gasteiger partial charge is 0.0403 e. The minimum Gasteiger partial charge on any atom is -0.365 e. The van der Waals surface area contributed by atoms with Crippen molar-refractivity contribution in [3.05, 3.63) is 29.8 Å². The number of aryl methyl sites for hydroxylation is 1. The summed E-state index contributed by atoms with van der Waals surface area (Å²) in [5, 5.41) is 3.69. The van der Waals surface area contributed by atoms with Gasteiger partial charge in [0.05, 0.1) is 0 Å². The predicted molar refractivity (Wildman–Crippen MR) is 86.4 cm³/mol. The summed E-state index contributed by atoms with van der Waals surface area (Å²) >= 11 is 0. The molecule has 2 atom stereocenters. The van der Waals surface area contributed by atoms with Crippen LogP contribution in [0.4, 0.5) is 5.69 Å². The highest BCUT2D eigenvalue weighted by atomic mass is 15.2. The second kappa shape index (κ2) is 6.17. The van der Waals surface area contributed by atoms with Gasteiger partial charge in [-0.2, -0.15) is 0 Å². The summed E-state index contributed by atoms with van der Waals surface area (Å²) in [5.41, 5.74) is 3.03. The number of anilines is 1. The van der Waals surface area contributed by atoms with Crippen LogP contribution in [0.3, 0.4) is 0 Å². The molecule has 2 fully saturated rings. The minimum absolute atomic E-state index is 0.736. The zero-order valence-corrected chi connectivity index (χ0v) is 12.9. The van der Waals surface area contributed by atoms with Crippen molar-refractivity contribution >= 4 is 5.69 Å². The zero-order valence-electron chi connectivity index (χ0n) is 12.9. The highest BCUT2D eigenvalue weighted by Gasteiger charge is 2.38. The quantitative estimate of drug-likeness (QED) is 0.898. The van der Waals surface area contributed by atoms with Crippen molar-refractivity contribution in [3.8, 4) is 0 Å². The molecule has 1 aromatic rings. The molecule has 3 rings (SSSR count). The van der Waals surface area contributed by atoms with E-state index >= 15 is 0 Å². The first-order chi connectivity index (χ1) is 9.83. The van der Waals surface area contributed by atoms with E-state index in [0.717, 1.165) is 31.1 Å². The molecule has 110 valence electrons. The van der Waals surface area contributed by atoms with Gasteiger partial charge in [-0.25, -0.2) is 0 Å². The van der Waals surface area contributed by atoms with E-state index in [2.05, 4.69) is 48.3 Å². The Morgan fingerprint density at radius 1 is 1.10 bits per heavy atom. The van der Waals surface area contributed by atoms with Gasteiger partial charge in [-0.15, -0.1) is 0 Å². The third-order valence-corrected chi connectivity index (χ3v) is 5.12. The van der Waals surface area contributed by atoms with Gasteiger partial charge in [-0.1, -0.05) is 32.0 Å². The molecule has 0 saturated carbocycles. The molecule has 2 heteroatoms. The van der Waals surface area contributed by atoms with Crippen LogP contribution >= 0.6 is 0 Å². The Bertz CT molecular complexity index is 429. The van der Waals surface area contributed by atoms with Crippen molar-refractivity contribution in [3.63, 3.8) is 0 Å². The fourth-order valence-corrected chi connectivity index (χ4v) is 4.29. The summed E-state index contributed by atoms with van der Waals surface area (Å²) in [5.74, 6) is 0. The number of nitrogens with zero attached hydrogens (tertiary/aromatic N) is 1. The Balaban J connectivity index is 1.86. The lowest BCUT2D eigenvalue weighted by Gasteiger charge is -2.51. The highest BCUT2D eigenvalue weighted by molar-refractivity contribution is 5.56. The average Bonchev–Trinajstić information content (AvgIpc) is 2.46. The van der Waals surface area contributed by atoms with Crippen LogP contribution in [0.5, 0.6) is 0 Å². The molecule has 1 N–H and O–H groups in total. The van der Waals surface area contributed by atoms with Crippen LogP contribution in [-0.2, 0) is 6.42 Å². The Kier molecular flexibility index (Phi) is 4.30. The van der Waals surface area contributed by atoms with Gasteiger partial charge in [-0.05, 0) is 56.7 Å². The van der Waals surface area contributed by atoms with Crippen molar-refractivity contribution in [2.24, 2.45) is 0 Å². The van der Waals surface area contributed by atoms with Gasteiger partial charge >= 0.3 is 0 Å². The Morgan fingerprint density at radius 2 is 1.80 bits per heavy atom. The zero-order chi connectivity index (χ0) is 13.9. The van der Waals surface area contributed by atoms with Gasteiger partial charge in [0.15, 0.2) is 0 Å². The average molecular weight is 272 g/mol. The van der Waals surface area contributed by atoms with Crippen molar-refractivity contribution in [2.45, 2.75) is 70.5 Å². The van der Waals surface area contributed by atoms with Crippen LogP contribution in [0.1, 0.15) is 51.5 Å². The molecule has 0 amide bonds. The molecular weight excluding hydrogens is 244 g/mol. The van der Waals surface area contributed by atoms with E-state index in [1.807, 2.05) is 0 Å². The molecule has 0 aliphatic carbocycles. The number of hydrogen-bond acceptors (Lipinski definition) is 2. The van der Waals surface area contributed by atoms with Crippen molar-refractivity contribution in [2.75, 3.05) is 11.4 Å². The van der Waals surface area contributed by atoms with Crippen LogP contribution in [0.15, 0.2) is 24.3 Å². The third kappa shape index (κ3) is 2.58. The molecular formula is C18H28N2. The lowest BCUT2D eigenvalue weighted by molar-refractivity contribution is 0.247. The molecule has 0 spiro atoms. The maximum Gasteiger partial charge on any atom is 0.0403 e. The summed E-state index contributed by atoms with van der Waals surface area (Å²) in [6.45, 7) is 5.62. The first-order valence-corrected chi connectivity index (χ1v) is 8.43. The molecule has 2 aliphatic heterocycles. The van der Waals surface area contributed by atoms with E-state index in [0.29, 0.717) is 0 Å². The fourth-order valence-electron chi connectivity index (χ4n) is 4.29. The van der Waals surface area contributed by atoms with E-state index in [-0.39, 0.29) is 0 Å². The molecule has 2 nitrogen and oxygen atoms in total. The van der Waals surface area contributed by atoms with Crippen LogP contribution in [0, 0.1) is 0 Å². The monoisotopic (exact) mass is 272 g/mol. The highest BCUT2D eigenvalue weighted by Crippen LogP contribution is 2.39.